The van der Waals surface area contributed by atoms with Gasteiger partial charge in [-0.2, -0.15) is 0 Å². The molecule has 2 aromatic carbocycles. The summed E-state index contributed by atoms with van der Waals surface area (Å²) in [6, 6.07) is 15.4. The fourth-order valence-corrected chi connectivity index (χ4v) is 4.31. The first-order valence-electron chi connectivity index (χ1n) is 10.00. The van der Waals surface area contributed by atoms with E-state index in [0.717, 1.165) is 35.0 Å². The van der Waals surface area contributed by atoms with Gasteiger partial charge in [-0.1, -0.05) is 12.1 Å². The van der Waals surface area contributed by atoms with Crippen LogP contribution in [-0.2, 0) is 10.9 Å². The third kappa shape index (κ3) is 3.68. The van der Waals surface area contributed by atoms with Gasteiger partial charge in [0.2, 0.25) is 10.9 Å². The number of hydrogen-bond donors (Lipinski definition) is 3. The summed E-state index contributed by atoms with van der Waals surface area (Å²) in [5, 5.41) is 0.952. The van der Waals surface area contributed by atoms with Crippen LogP contribution in [-0.4, -0.2) is 23.0 Å². The molecule has 0 unspecified atom stereocenters. The zero-order valence-corrected chi connectivity index (χ0v) is 17.5. The number of thiol groups is 1. The molecule has 0 atom stereocenters. The van der Waals surface area contributed by atoms with Gasteiger partial charge < -0.3 is 15.0 Å². The Labute approximate surface area is 180 Å². The van der Waals surface area contributed by atoms with Crippen molar-refractivity contribution in [1.29, 1.82) is 0 Å². The van der Waals surface area contributed by atoms with Crippen LogP contribution in [0, 0.1) is 0 Å². The van der Waals surface area contributed by atoms with Gasteiger partial charge in [0.1, 0.15) is 5.75 Å². The van der Waals surface area contributed by atoms with Crippen LogP contribution in [0.25, 0.3) is 22.2 Å². The van der Waals surface area contributed by atoms with Gasteiger partial charge in [0.05, 0.1) is 16.9 Å². The fraction of sp³-hybridized carbons (Fsp3) is 0.182. The quantitative estimate of drug-likeness (QED) is 0.393. The average Bonchev–Trinajstić information content (AvgIpc) is 3.00. The topological polar surface area (TPSA) is 112 Å². The van der Waals surface area contributed by atoms with E-state index in [1.54, 1.807) is 30.6 Å². The molecule has 0 bridgehead atoms. The van der Waals surface area contributed by atoms with Gasteiger partial charge in [-0.05, 0) is 49.6 Å². The highest BCUT2D eigenvalue weighted by Crippen LogP contribution is 2.45. The van der Waals surface area contributed by atoms with Crippen LogP contribution in [0.4, 0.5) is 11.4 Å². The predicted molar refractivity (Wildman–Crippen MR) is 121 cm³/mol. The summed E-state index contributed by atoms with van der Waals surface area (Å²) in [4.78, 5) is 8.25. The van der Waals surface area contributed by atoms with E-state index in [0.29, 0.717) is 23.2 Å². The first-order chi connectivity index (χ1) is 15.1. The Morgan fingerprint density at radius 3 is 2.45 bits per heavy atom. The third-order valence-electron chi connectivity index (χ3n) is 5.58. The van der Waals surface area contributed by atoms with E-state index in [2.05, 4.69) is 19.3 Å². The number of nitrogen functional groups attached to an aromatic ring is 1. The molecule has 1 fully saturated rings. The molecule has 4 aromatic rings. The van der Waals surface area contributed by atoms with Crippen LogP contribution in [0.5, 0.6) is 11.8 Å². The van der Waals surface area contributed by atoms with E-state index in [1.165, 1.54) is 6.42 Å². The van der Waals surface area contributed by atoms with Crippen LogP contribution < -0.4 is 15.2 Å². The molecule has 0 aliphatic heterocycles. The molecule has 5 rings (SSSR count). The Kier molecular flexibility index (Phi) is 4.95. The minimum absolute atomic E-state index is 0.289. The molecule has 158 valence electrons. The maximum absolute atomic E-state index is 10.9. The first-order valence-corrected chi connectivity index (χ1v) is 11.2. The normalized spacial score (nSPS) is 14.0. The molecular weight excluding hydrogens is 414 g/mol. The number of nitrogens with zero attached hydrogens (tertiary/aromatic N) is 3. The van der Waals surface area contributed by atoms with E-state index in [1.807, 2.05) is 30.3 Å². The molecule has 0 saturated heterocycles. The van der Waals surface area contributed by atoms with E-state index in [-0.39, 0.29) is 6.01 Å². The number of benzene rings is 2. The maximum atomic E-state index is 10.9. The van der Waals surface area contributed by atoms with E-state index >= 15 is 0 Å². The Morgan fingerprint density at radius 1 is 1.06 bits per heavy atom. The third-order valence-corrected chi connectivity index (χ3v) is 6.03. The van der Waals surface area contributed by atoms with Gasteiger partial charge in [-0.25, -0.2) is 18.4 Å². The predicted octanol–water partition coefficient (Wildman–Crippen LogP) is 4.14. The van der Waals surface area contributed by atoms with Crippen LogP contribution in [0.15, 0.2) is 60.9 Å². The van der Waals surface area contributed by atoms with Crippen molar-refractivity contribution in [3.8, 4) is 23.0 Å². The molecule has 31 heavy (non-hydrogen) atoms. The number of nitrogens with two attached hydrogens (primary N) is 1. The fourth-order valence-electron chi connectivity index (χ4n) is 3.95. The summed E-state index contributed by atoms with van der Waals surface area (Å²) in [5.74, 6) is 0.641. The lowest BCUT2D eigenvalue weighted by atomic mass is 9.92. The summed E-state index contributed by atoms with van der Waals surface area (Å²) in [7, 11) is -2.70. The molecule has 8 nitrogen and oxygen atoms in total. The Hall–Kier alpha value is -3.59. The van der Waals surface area contributed by atoms with Crippen molar-refractivity contribution in [2.24, 2.45) is 0 Å². The average molecular weight is 436 g/mol. The van der Waals surface area contributed by atoms with E-state index in [4.69, 9.17) is 10.5 Å². The van der Waals surface area contributed by atoms with Crippen LogP contribution in [0.2, 0.25) is 0 Å². The highest BCUT2D eigenvalue weighted by Gasteiger charge is 2.27. The Balaban J connectivity index is 1.61. The standard InChI is InChI=1S/C22H21N5O3S/c23-20-18-10-9-17(30-22-24-11-2-12-25-22)13-19(18)27(16-3-1-4-16)21(20)14-5-7-15(8-6-14)26-31(28)29/h2,5-13,16,31H,1,3-4,23H2,(H,26,28,29). The van der Waals surface area contributed by atoms with Crippen molar-refractivity contribution in [3.05, 3.63) is 60.9 Å². The number of ether oxygens (including phenoxy) is 1. The van der Waals surface area contributed by atoms with Gasteiger partial charge >= 0.3 is 6.01 Å². The number of rotatable bonds is 6. The largest absolute Gasteiger partial charge is 0.424 e. The first kappa shape index (κ1) is 19.4. The molecule has 1 aliphatic rings. The minimum Gasteiger partial charge on any atom is -0.424 e. The lowest BCUT2D eigenvalue weighted by molar-refractivity contribution is 0.324. The van der Waals surface area contributed by atoms with Crippen LogP contribution in [0.1, 0.15) is 25.3 Å². The molecular formula is C22H21N5O3S. The van der Waals surface area contributed by atoms with Gasteiger partial charge in [0.25, 0.3) is 0 Å². The minimum atomic E-state index is -2.70. The number of anilines is 2. The van der Waals surface area contributed by atoms with Crippen molar-refractivity contribution in [2.45, 2.75) is 25.3 Å². The lowest BCUT2D eigenvalue weighted by Crippen LogP contribution is -2.17. The molecule has 0 radical (unpaired) electrons. The molecule has 0 spiro atoms. The zero-order valence-electron chi connectivity index (χ0n) is 16.6. The number of hydrogen-bond acceptors (Lipinski definition) is 6. The number of aromatic nitrogens is 3. The molecule has 0 amide bonds. The summed E-state index contributed by atoms with van der Waals surface area (Å²) < 4.78 is 32.4. The summed E-state index contributed by atoms with van der Waals surface area (Å²) in [6.07, 6.45) is 6.61. The van der Waals surface area contributed by atoms with Gasteiger partial charge in [0.15, 0.2) is 0 Å². The highest BCUT2D eigenvalue weighted by molar-refractivity contribution is 7.73. The monoisotopic (exact) mass is 435 g/mol. The van der Waals surface area contributed by atoms with Crippen molar-refractivity contribution in [2.75, 3.05) is 10.5 Å². The second kappa shape index (κ2) is 7.92. The van der Waals surface area contributed by atoms with E-state index < -0.39 is 10.9 Å². The molecule has 3 N–H and O–H groups in total. The van der Waals surface area contributed by atoms with Gasteiger partial charge in [-0.15, -0.1) is 0 Å². The molecule has 9 heteroatoms. The lowest BCUT2D eigenvalue weighted by Gasteiger charge is -2.30. The summed E-state index contributed by atoms with van der Waals surface area (Å²) >= 11 is 0. The second-order valence-electron chi connectivity index (χ2n) is 7.48. The molecule has 1 aliphatic carbocycles. The summed E-state index contributed by atoms with van der Waals surface area (Å²) in [5.41, 5.74) is 10.7. The maximum Gasteiger partial charge on any atom is 0.321 e. The highest BCUT2D eigenvalue weighted by atomic mass is 32.2. The van der Waals surface area contributed by atoms with Crippen molar-refractivity contribution >= 4 is 33.2 Å². The molecule has 2 heterocycles. The zero-order chi connectivity index (χ0) is 21.4. The Bertz CT molecular complexity index is 1300. The van der Waals surface area contributed by atoms with Crippen molar-refractivity contribution in [1.82, 2.24) is 14.5 Å². The van der Waals surface area contributed by atoms with E-state index in [9.17, 15) is 8.42 Å². The summed E-state index contributed by atoms with van der Waals surface area (Å²) in [6.45, 7) is 0. The second-order valence-corrected chi connectivity index (χ2v) is 8.21. The molecule has 1 saturated carbocycles. The van der Waals surface area contributed by atoms with Crippen molar-refractivity contribution < 1.29 is 13.2 Å². The number of fused-ring (bicyclic) bond motifs is 1. The number of nitrogens with one attached hydrogen (secondary N) is 1. The van der Waals surface area contributed by atoms with Crippen molar-refractivity contribution in [3.63, 3.8) is 0 Å². The van der Waals surface area contributed by atoms with Gasteiger partial charge in [0, 0.05) is 41.1 Å². The van der Waals surface area contributed by atoms with Crippen LogP contribution >= 0.6 is 0 Å². The Morgan fingerprint density at radius 2 is 1.81 bits per heavy atom. The molecule has 2 aromatic heterocycles. The SMILES string of the molecule is Nc1c(-c2ccc(N[SH](=O)=O)cc2)n(C2CCC2)c2cc(Oc3ncccn3)ccc12. The smallest absolute Gasteiger partial charge is 0.321 e. The van der Waals surface area contributed by atoms with Gasteiger partial charge in [-0.3, -0.25) is 4.72 Å². The van der Waals surface area contributed by atoms with Crippen LogP contribution in [0.3, 0.4) is 0 Å².